The first-order valence-electron chi connectivity index (χ1n) is 13.9. The molecular weight excluding hydrogens is 528 g/mol. The van der Waals surface area contributed by atoms with Gasteiger partial charge in [-0.25, -0.2) is 8.78 Å². The van der Waals surface area contributed by atoms with Crippen molar-refractivity contribution >= 4 is 24.3 Å². The van der Waals surface area contributed by atoms with Crippen LogP contribution < -0.4 is 15.0 Å². The van der Waals surface area contributed by atoms with Crippen LogP contribution in [0.3, 0.4) is 0 Å². The lowest BCUT2D eigenvalue weighted by atomic mass is 9.84. The van der Waals surface area contributed by atoms with E-state index in [-0.39, 0.29) is 37.2 Å². The van der Waals surface area contributed by atoms with Crippen LogP contribution >= 0.6 is 12.4 Å². The molecule has 0 unspecified atom stereocenters. The van der Waals surface area contributed by atoms with E-state index in [2.05, 4.69) is 41.1 Å². The van der Waals surface area contributed by atoms with Gasteiger partial charge in [0.25, 0.3) is 5.92 Å². The summed E-state index contributed by atoms with van der Waals surface area (Å²) in [5, 5.41) is 7.32. The number of carbonyl (C=O) groups is 1. The molecule has 1 N–H and O–H groups in total. The minimum Gasteiger partial charge on any atom is -0.494 e. The molecule has 0 radical (unpaired) electrons. The summed E-state index contributed by atoms with van der Waals surface area (Å²) in [5.41, 5.74) is 2.17. The van der Waals surface area contributed by atoms with E-state index in [9.17, 15) is 13.6 Å². The second-order valence-corrected chi connectivity index (χ2v) is 11.5. The first kappa shape index (κ1) is 29.5. The van der Waals surface area contributed by atoms with Gasteiger partial charge in [0.2, 0.25) is 5.91 Å². The Morgan fingerprint density at radius 1 is 1.21 bits per heavy atom. The highest BCUT2D eigenvalue weighted by atomic mass is 35.5. The van der Waals surface area contributed by atoms with Gasteiger partial charge < -0.3 is 24.4 Å². The van der Waals surface area contributed by atoms with E-state index in [1.165, 1.54) is 4.90 Å². The second-order valence-electron chi connectivity index (χ2n) is 11.5. The minimum atomic E-state index is -2.77. The number of anilines is 1. The van der Waals surface area contributed by atoms with Crippen LogP contribution in [0, 0.1) is 11.8 Å². The van der Waals surface area contributed by atoms with Crippen molar-refractivity contribution in [1.82, 2.24) is 20.4 Å². The monoisotopic (exact) mass is 567 g/mol. The summed E-state index contributed by atoms with van der Waals surface area (Å²) in [6, 6.07) is 6.18. The Morgan fingerprint density at radius 2 is 1.97 bits per heavy atom. The van der Waals surface area contributed by atoms with E-state index in [1.54, 1.807) is 0 Å². The van der Waals surface area contributed by atoms with Crippen molar-refractivity contribution in [2.75, 3.05) is 37.7 Å². The topological polar surface area (TPSA) is 83.7 Å². The maximum Gasteiger partial charge on any atom is 0.324 e. The zero-order valence-corrected chi connectivity index (χ0v) is 23.8. The lowest BCUT2D eigenvalue weighted by molar-refractivity contribution is -0.134. The average Bonchev–Trinajstić information content (AvgIpc) is 3.55. The molecule has 5 rings (SSSR count). The van der Waals surface area contributed by atoms with Gasteiger partial charge in [0.1, 0.15) is 5.75 Å². The van der Waals surface area contributed by atoms with E-state index in [0.29, 0.717) is 37.4 Å². The minimum absolute atomic E-state index is 0. The number of hydrogen-bond acceptors (Lipinski definition) is 7. The van der Waals surface area contributed by atoms with Crippen molar-refractivity contribution in [1.29, 1.82) is 0 Å². The number of alkyl halides is 2. The molecule has 39 heavy (non-hydrogen) atoms. The quantitative estimate of drug-likeness (QED) is 0.490. The largest absolute Gasteiger partial charge is 0.494 e. The second kappa shape index (κ2) is 12.4. The van der Waals surface area contributed by atoms with Crippen molar-refractivity contribution < 1.29 is 22.8 Å². The molecule has 0 spiro atoms. The standard InChI is InChI=1S/C28H39F2N5O3.ClH/c1-18(2)25-32-27(38-33-25)34-10-6-20(7-11-34)19(3)8-13-37-23-5-4-21-15-24(31-16-22(21)14-23)26(36)35-12-9-28(29,30)17-35;/h4-5,14,18-20,24,31H,6-13,15-17H2,1-3H3;1H/t19-,24+;/m1./s1. The van der Waals surface area contributed by atoms with Gasteiger partial charge in [0.15, 0.2) is 5.82 Å². The third kappa shape index (κ3) is 7.01. The normalized spacial score (nSPS) is 21.9. The maximum absolute atomic E-state index is 13.5. The fraction of sp³-hybridized carbons (Fsp3) is 0.679. The van der Waals surface area contributed by atoms with Gasteiger partial charge in [-0.2, -0.15) is 4.98 Å². The Bertz CT molecular complexity index is 1120. The molecular formula is C28H40ClF2N5O3. The number of carbonyl (C=O) groups excluding carboxylic acids is 1. The number of hydrogen-bond donors (Lipinski definition) is 1. The lowest BCUT2D eigenvalue weighted by Crippen LogP contribution is -2.49. The maximum atomic E-state index is 13.5. The number of ether oxygens (including phenoxy) is 1. The Hall–Kier alpha value is -2.46. The fourth-order valence-corrected chi connectivity index (χ4v) is 5.75. The number of likely N-dealkylation sites (tertiary alicyclic amines) is 1. The molecule has 8 nitrogen and oxygen atoms in total. The SMILES string of the molecule is CC(C)c1noc(N2CCC([C@H](C)CCOc3ccc4c(c3)CN[C@H](C(=O)N3CCC(F)(F)C3)C4)CC2)n1.Cl. The molecule has 4 heterocycles. The fourth-order valence-electron chi connectivity index (χ4n) is 5.75. The van der Waals surface area contributed by atoms with Crippen LogP contribution in [0.5, 0.6) is 5.75 Å². The van der Waals surface area contributed by atoms with Crippen molar-refractivity contribution in [3.63, 3.8) is 0 Å². The third-order valence-electron chi connectivity index (χ3n) is 8.32. The average molecular weight is 568 g/mol. The van der Waals surface area contributed by atoms with Crippen LogP contribution in [0.4, 0.5) is 14.8 Å². The van der Waals surface area contributed by atoms with Gasteiger partial charge in [-0.15, -0.1) is 12.4 Å². The third-order valence-corrected chi connectivity index (χ3v) is 8.32. The van der Waals surface area contributed by atoms with Crippen LogP contribution in [0.25, 0.3) is 0 Å². The highest BCUT2D eigenvalue weighted by Gasteiger charge is 2.42. The number of aromatic nitrogens is 2. The summed E-state index contributed by atoms with van der Waals surface area (Å²) < 4.78 is 38.6. The van der Waals surface area contributed by atoms with E-state index in [4.69, 9.17) is 9.26 Å². The molecule has 3 aliphatic heterocycles. The number of halogens is 3. The Labute approximate surface area is 235 Å². The van der Waals surface area contributed by atoms with Crippen molar-refractivity contribution in [2.24, 2.45) is 11.8 Å². The van der Waals surface area contributed by atoms with Gasteiger partial charge in [-0.1, -0.05) is 32.0 Å². The van der Waals surface area contributed by atoms with Crippen molar-refractivity contribution in [2.45, 2.75) is 77.3 Å². The Morgan fingerprint density at radius 3 is 2.64 bits per heavy atom. The number of nitrogens with one attached hydrogen (secondary N) is 1. The number of benzene rings is 1. The molecule has 0 saturated carbocycles. The van der Waals surface area contributed by atoms with Gasteiger partial charge in [-0.05, 0) is 60.8 Å². The van der Waals surface area contributed by atoms with Gasteiger partial charge in [0, 0.05) is 38.5 Å². The molecule has 1 aromatic carbocycles. The Balaban J connectivity index is 0.00000353. The lowest BCUT2D eigenvalue weighted by Gasteiger charge is -2.33. The van der Waals surface area contributed by atoms with Gasteiger partial charge in [-0.3, -0.25) is 4.79 Å². The summed E-state index contributed by atoms with van der Waals surface area (Å²) in [6.45, 7) is 9.11. The molecule has 2 atom stereocenters. The van der Waals surface area contributed by atoms with Gasteiger partial charge >= 0.3 is 6.01 Å². The summed E-state index contributed by atoms with van der Waals surface area (Å²) in [7, 11) is 0. The van der Waals surface area contributed by atoms with E-state index < -0.39 is 18.5 Å². The van der Waals surface area contributed by atoms with Crippen LogP contribution in [0.2, 0.25) is 0 Å². The number of fused-ring (bicyclic) bond motifs is 1. The smallest absolute Gasteiger partial charge is 0.324 e. The van der Waals surface area contributed by atoms with E-state index in [0.717, 1.165) is 55.1 Å². The zero-order chi connectivity index (χ0) is 26.9. The van der Waals surface area contributed by atoms with Crippen molar-refractivity contribution in [3.8, 4) is 5.75 Å². The van der Waals surface area contributed by atoms with Crippen LogP contribution in [0.1, 0.15) is 69.3 Å². The number of rotatable bonds is 8. The predicted octanol–water partition coefficient (Wildman–Crippen LogP) is 4.82. The summed E-state index contributed by atoms with van der Waals surface area (Å²) in [4.78, 5) is 20.7. The van der Waals surface area contributed by atoms with Gasteiger partial charge in [0.05, 0.1) is 19.2 Å². The molecule has 0 bridgehead atoms. The molecule has 2 saturated heterocycles. The van der Waals surface area contributed by atoms with Crippen LogP contribution in [0.15, 0.2) is 22.7 Å². The first-order valence-corrected chi connectivity index (χ1v) is 13.9. The zero-order valence-electron chi connectivity index (χ0n) is 23.0. The number of piperidine rings is 1. The molecule has 1 amide bonds. The summed E-state index contributed by atoms with van der Waals surface area (Å²) in [6.07, 6.45) is 3.43. The highest BCUT2D eigenvalue weighted by Crippen LogP contribution is 2.31. The molecule has 3 aliphatic rings. The molecule has 2 fully saturated rings. The van der Waals surface area contributed by atoms with E-state index >= 15 is 0 Å². The highest BCUT2D eigenvalue weighted by molar-refractivity contribution is 5.85. The van der Waals surface area contributed by atoms with Crippen molar-refractivity contribution in [3.05, 3.63) is 35.2 Å². The first-order chi connectivity index (χ1) is 18.2. The summed E-state index contributed by atoms with van der Waals surface area (Å²) >= 11 is 0. The predicted molar refractivity (Wildman–Crippen MR) is 147 cm³/mol. The molecule has 0 aliphatic carbocycles. The molecule has 1 aromatic heterocycles. The number of nitrogens with zero attached hydrogens (tertiary/aromatic N) is 4. The molecule has 11 heteroatoms. The number of amides is 1. The Kier molecular flexibility index (Phi) is 9.37. The molecule has 2 aromatic rings. The van der Waals surface area contributed by atoms with E-state index in [1.807, 2.05) is 18.2 Å². The summed E-state index contributed by atoms with van der Waals surface area (Å²) in [5.74, 6) is 0.0364. The van der Waals surface area contributed by atoms with Crippen LogP contribution in [-0.2, 0) is 17.8 Å². The molecule has 216 valence electrons. The van der Waals surface area contributed by atoms with Crippen LogP contribution in [-0.4, -0.2) is 65.7 Å².